The van der Waals surface area contributed by atoms with Gasteiger partial charge in [0.25, 0.3) is 0 Å². The van der Waals surface area contributed by atoms with Gasteiger partial charge >= 0.3 is 0 Å². The zero-order valence-corrected chi connectivity index (χ0v) is 14.1. The Balaban J connectivity index is 1.90. The van der Waals surface area contributed by atoms with E-state index in [-0.39, 0.29) is 0 Å². The van der Waals surface area contributed by atoms with Crippen molar-refractivity contribution < 1.29 is 4.74 Å². The molecule has 0 aromatic heterocycles. The Hall–Kier alpha value is -1.31. The van der Waals surface area contributed by atoms with Crippen LogP contribution in [0.5, 0.6) is 5.75 Å². The van der Waals surface area contributed by atoms with Crippen molar-refractivity contribution in [2.75, 3.05) is 7.11 Å². The Kier molecular flexibility index (Phi) is 5.17. The van der Waals surface area contributed by atoms with Crippen LogP contribution in [0, 0.1) is 5.92 Å². The minimum Gasteiger partial charge on any atom is -0.497 e. The van der Waals surface area contributed by atoms with E-state index in [9.17, 15) is 0 Å². The molecular weight excluding hydrogens is 270 g/mol. The van der Waals surface area contributed by atoms with Crippen molar-refractivity contribution in [2.24, 2.45) is 10.9 Å². The van der Waals surface area contributed by atoms with Crippen molar-refractivity contribution in [3.8, 4) is 5.75 Å². The number of hydrogen-bond acceptors (Lipinski definition) is 2. The fraction of sp³-hybridized carbons (Fsp3) is 0.650. The number of rotatable bonds is 5. The van der Waals surface area contributed by atoms with Gasteiger partial charge in [0.1, 0.15) is 5.75 Å². The molecule has 0 radical (unpaired) electrons. The van der Waals surface area contributed by atoms with Crippen LogP contribution in [0.4, 0.5) is 0 Å². The fourth-order valence-electron chi connectivity index (χ4n) is 3.99. The molecule has 1 heterocycles. The number of hydrogen-bond donors (Lipinski definition) is 0. The molecule has 0 bridgehead atoms. The maximum Gasteiger partial charge on any atom is 0.119 e. The van der Waals surface area contributed by atoms with Gasteiger partial charge in [-0.15, -0.1) is 0 Å². The van der Waals surface area contributed by atoms with E-state index >= 15 is 0 Å². The molecule has 1 saturated carbocycles. The number of ether oxygens (including phenoxy) is 1. The zero-order valence-electron chi connectivity index (χ0n) is 14.1. The first-order valence-electron chi connectivity index (χ1n) is 9.06. The Morgan fingerprint density at radius 2 is 2.00 bits per heavy atom. The van der Waals surface area contributed by atoms with Crippen molar-refractivity contribution in [3.63, 3.8) is 0 Å². The van der Waals surface area contributed by atoms with E-state index in [1.165, 1.54) is 68.2 Å². The summed E-state index contributed by atoms with van der Waals surface area (Å²) < 4.78 is 5.44. The third kappa shape index (κ3) is 3.37. The van der Waals surface area contributed by atoms with Gasteiger partial charge in [-0.2, -0.15) is 0 Å². The van der Waals surface area contributed by atoms with E-state index in [1.54, 1.807) is 7.11 Å². The lowest BCUT2D eigenvalue weighted by Crippen LogP contribution is -2.28. The third-order valence-electron chi connectivity index (χ3n) is 5.25. The summed E-state index contributed by atoms with van der Waals surface area (Å²) in [5, 5.41) is 0. The Morgan fingerprint density at radius 1 is 1.18 bits per heavy atom. The van der Waals surface area contributed by atoms with Crippen LogP contribution in [0.3, 0.4) is 0 Å². The lowest BCUT2D eigenvalue weighted by atomic mass is 9.79. The molecule has 1 atom stereocenters. The van der Waals surface area contributed by atoms with Crippen LogP contribution in [0.15, 0.2) is 23.2 Å². The van der Waals surface area contributed by atoms with Gasteiger partial charge in [0.15, 0.2) is 0 Å². The van der Waals surface area contributed by atoms with Crippen LogP contribution in [0.2, 0.25) is 0 Å². The second kappa shape index (κ2) is 7.30. The molecule has 3 rings (SSSR count). The van der Waals surface area contributed by atoms with Crippen molar-refractivity contribution in [1.82, 2.24) is 0 Å². The van der Waals surface area contributed by atoms with Gasteiger partial charge in [-0.25, -0.2) is 0 Å². The first kappa shape index (κ1) is 15.6. The molecule has 120 valence electrons. The van der Waals surface area contributed by atoms with Crippen LogP contribution in [-0.2, 0) is 6.42 Å². The first-order valence-corrected chi connectivity index (χ1v) is 9.06. The number of aliphatic imine (C=N–C) groups is 1. The van der Waals surface area contributed by atoms with Crippen molar-refractivity contribution >= 4 is 5.71 Å². The molecule has 1 aliphatic carbocycles. The quantitative estimate of drug-likeness (QED) is 0.734. The van der Waals surface area contributed by atoms with Gasteiger partial charge < -0.3 is 4.74 Å². The van der Waals surface area contributed by atoms with E-state index < -0.39 is 0 Å². The number of benzene rings is 1. The third-order valence-corrected chi connectivity index (χ3v) is 5.25. The predicted molar refractivity (Wildman–Crippen MR) is 93.1 cm³/mol. The minimum atomic E-state index is 0.483. The van der Waals surface area contributed by atoms with Crippen LogP contribution in [0.1, 0.15) is 69.4 Å². The van der Waals surface area contributed by atoms with E-state index in [1.807, 2.05) is 0 Å². The van der Waals surface area contributed by atoms with Crippen LogP contribution in [0.25, 0.3) is 0 Å². The predicted octanol–water partition coefficient (Wildman–Crippen LogP) is 5.18. The van der Waals surface area contributed by atoms with Gasteiger partial charge in [0.2, 0.25) is 0 Å². The smallest absolute Gasteiger partial charge is 0.119 e. The second-order valence-electron chi connectivity index (χ2n) is 6.87. The summed E-state index contributed by atoms with van der Waals surface area (Å²) in [5.74, 6) is 1.67. The molecule has 0 amide bonds. The number of nitrogens with zero attached hydrogens (tertiary/aromatic N) is 1. The molecule has 2 heteroatoms. The summed E-state index contributed by atoms with van der Waals surface area (Å²) in [4.78, 5) is 5.22. The molecule has 2 nitrogen and oxygen atoms in total. The highest BCUT2D eigenvalue weighted by Crippen LogP contribution is 2.34. The highest BCUT2D eigenvalue weighted by Gasteiger charge is 2.27. The van der Waals surface area contributed by atoms with E-state index in [0.29, 0.717) is 12.0 Å². The van der Waals surface area contributed by atoms with E-state index in [2.05, 4.69) is 25.1 Å². The van der Waals surface area contributed by atoms with Gasteiger partial charge in [-0.05, 0) is 55.0 Å². The molecule has 2 aliphatic rings. The number of methoxy groups -OCH3 is 1. The summed E-state index contributed by atoms with van der Waals surface area (Å²) in [6.07, 6.45) is 11.6. The lowest BCUT2D eigenvalue weighted by molar-refractivity contribution is 0.413. The first-order chi connectivity index (χ1) is 10.8. The summed E-state index contributed by atoms with van der Waals surface area (Å²) in [6, 6.07) is 7.07. The highest BCUT2D eigenvalue weighted by atomic mass is 16.5. The average molecular weight is 299 g/mol. The summed E-state index contributed by atoms with van der Waals surface area (Å²) in [5.41, 5.74) is 4.26. The Labute approximate surface area is 135 Å². The van der Waals surface area contributed by atoms with Crippen LogP contribution < -0.4 is 4.74 Å². The summed E-state index contributed by atoms with van der Waals surface area (Å²) in [7, 11) is 1.76. The molecule has 1 aromatic carbocycles. The molecule has 1 fully saturated rings. The Bertz CT molecular complexity index is 529. The molecule has 1 aliphatic heterocycles. The largest absolute Gasteiger partial charge is 0.497 e. The van der Waals surface area contributed by atoms with E-state index in [0.717, 1.165) is 12.2 Å². The van der Waals surface area contributed by atoms with Crippen molar-refractivity contribution in [3.05, 3.63) is 29.3 Å². The SMILES string of the molecule is CCCCC1Cc2cc(OC)ccc2C(C2CCCCC2)=N1. The molecule has 1 unspecified atom stereocenters. The fourth-order valence-corrected chi connectivity index (χ4v) is 3.99. The van der Waals surface area contributed by atoms with Gasteiger partial charge in [-0.3, -0.25) is 4.99 Å². The highest BCUT2D eigenvalue weighted by molar-refractivity contribution is 6.04. The topological polar surface area (TPSA) is 21.6 Å². The van der Waals surface area contributed by atoms with Crippen LogP contribution in [-0.4, -0.2) is 18.9 Å². The normalized spacial score (nSPS) is 22.1. The van der Waals surface area contributed by atoms with Gasteiger partial charge in [-0.1, -0.05) is 39.0 Å². The maximum absolute atomic E-state index is 5.44. The minimum absolute atomic E-state index is 0.483. The molecule has 22 heavy (non-hydrogen) atoms. The van der Waals surface area contributed by atoms with Gasteiger partial charge in [0.05, 0.1) is 13.2 Å². The second-order valence-corrected chi connectivity index (χ2v) is 6.87. The number of fused-ring (bicyclic) bond motifs is 1. The van der Waals surface area contributed by atoms with Gasteiger partial charge in [0, 0.05) is 11.6 Å². The molecule has 0 spiro atoms. The van der Waals surface area contributed by atoms with E-state index in [4.69, 9.17) is 9.73 Å². The summed E-state index contributed by atoms with van der Waals surface area (Å²) in [6.45, 7) is 2.27. The zero-order chi connectivity index (χ0) is 15.4. The maximum atomic E-state index is 5.44. The molecular formula is C20H29NO. The monoisotopic (exact) mass is 299 g/mol. The molecule has 0 saturated heterocycles. The number of unbranched alkanes of at least 4 members (excludes halogenated alkanes) is 1. The van der Waals surface area contributed by atoms with Crippen molar-refractivity contribution in [2.45, 2.75) is 70.8 Å². The average Bonchev–Trinajstić information content (AvgIpc) is 2.59. The standard InChI is InChI=1S/C20H29NO/c1-3-4-10-17-13-16-14-18(22-2)11-12-19(16)20(21-17)15-8-6-5-7-9-15/h11-12,14-15,17H,3-10,13H2,1-2H3. The van der Waals surface area contributed by atoms with Crippen LogP contribution >= 0.6 is 0 Å². The molecule has 0 N–H and O–H groups in total. The summed E-state index contributed by atoms with van der Waals surface area (Å²) >= 11 is 0. The molecule has 1 aromatic rings. The lowest BCUT2D eigenvalue weighted by Gasteiger charge is -2.30. The Morgan fingerprint density at radius 3 is 2.73 bits per heavy atom. The van der Waals surface area contributed by atoms with Crippen molar-refractivity contribution in [1.29, 1.82) is 0 Å².